The fraction of sp³-hybridized carbons (Fsp3) is 0.611. The highest BCUT2D eigenvalue weighted by atomic mass is 16.6. The average Bonchev–Trinajstić information content (AvgIpc) is 2.44. The average molecular weight is 322 g/mol. The molecule has 0 fully saturated rings. The van der Waals surface area contributed by atoms with Crippen molar-refractivity contribution in [1.82, 2.24) is 10.2 Å². The van der Waals surface area contributed by atoms with E-state index in [0.717, 1.165) is 12.0 Å². The van der Waals surface area contributed by atoms with Crippen LogP contribution in [0, 0.1) is 0 Å². The lowest BCUT2D eigenvalue weighted by Gasteiger charge is -2.27. The first-order chi connectivity index (χ1) is 10.7. The highest BCUT2D eigenvalue weighted by molar-refractivity contribution is 5.68. The zero-order valence-electron chi connectivity index (χ0n) is 14.9. The molecule has 1 amide bonds. The van der Waals surface area contributed by atoms with Crippen LogP contribution in [0.3, 0.4) is 0 Å². The number of aromatic hydroxyl groups is 1. The molecule has 2 N–H and O–H groups in total. The molecule has 130 valence electrons. The van der Waals surface area contributed by atoms with Crippen molar-refractivity contribution in [3.63, 3.8) is 0 Å². The molecule has 0 heterocycles. The van der Waals surface area contributed by atoms with Crippen molar-refractivity contribution in [3.05, 3.63) is 29.8 Å². The summed E-state index contributed by atoms with van der Waals surface area (Å²) in [5.74, 6) is 0.262. The van der Waals surface area contributed by atoms with Gasteiger partial charge in [-0.3, -0.25) is 0 Å². The van der Waals surface area contributed by atoms with E-state index in [1.807, 2.05) is 46.8 Å². The van der Waals surface area contributed by atoms with Gasteiger partial charge in [0.2, 0.25) is 0 Å². The van der Waals surface area contributed by atoms with Crippen LogP contribution in [0.4, 0.5) is 4.79 Å². The van der Waals surface area contributed by atoms with Gasteiger partial charge in [0.1, 0.15) is 11.4 Å². The Bertz CT molecular complexity index is 497. The number of hydrogen-bond donors (Lipinski definition) is 2. The Balaban J connectivity index is 2.50. The third kappa shape index (κ3) is 7.37. The molecular formula is C18H30N2O3. The van der Waals surface area contributed by atoms with E-state index in [0.29, 0.717) is 19.6 Å². The monoisotopic (exact) mass is 322 g/mol. The molecule has 5 nitrogen and oxygen atoms in total. The van der Waals surface area contributed by atoms with E-state index in [1.165, 1.54) is 0 Å². The molecule has 0 bridgehead atoms. The lowest BCUT2D eigenvalue weighted by Crippen LogP contribution is -2.41. The highest BCUT2D eigenvalue weighted by Crippen LogP contribution is 2.17. The van der Waals surface area contributed by atoms with Gasteiger partial charge in [-0.15, -0.1) is 0 Å². The number of rotatable bonds is 7. The molecule has 23 heavy (non-hydrogen) atoms. The second kappa shape index (κ2) is 8.77. The fourth-order valence-electron chi connectivity index (χ4n) is 2.22. The van der Waals surface area contributed by atoms with Gasteiger partial charge in [-0.25, -0.2) is 4.79 Å². The van der Waals surface area contributed by atoms with Crippen molar-refractivity contribution in [2.45, 2.75) is 52.7 Å². The van der Waals surface area contributed by atoms with Gasteiger partial charge >= 0.3 is 6.09 Å². The molecule has 1 atom stereocenters. The molecule has 0 saturated heterocycles. The molecule has 0 spiro atoms. The SMILES string of the molecule is CCCN(CCNC(C)c1cccc(O)c1)C(=O)OC(C)(C)C. The summed E-state index contributed by atoms with van der Waals surface area (Å²) in [5.41, 5.74) is 0.537. The number of phenols is 1. The number of carbonyl (C=O) groups is 1. The molecule has 0 aliphatic heterocycles. The van der Waals surface area contributed by atoms with Crippen LogP contribution in [0.15, 0.2) is 24.3 Å². The molecule has 0 saturated carbocycles. The summed E-state index contributed by atoms with van der Waals surface area (Å²) < 4.78 is 5.44. The zero-order chi connectivity index (χ0) is 17.5. The number of hydrogen-bond acceptors (Lipinski definition) is 4. The Hall–Kier alpha value is -1.75. The van der Waals surface area contributed by atoms with Crippen LogP contribution in [0.2, 0.25) is 0 Å². The minimum Gasteiger partial charge on any atom is -0.508 e. The highest BCUT2D eigenvalue weighted by Gasteiger charge is 2.21. The summed E-state index contributed by atoms with van der Waals surface area (Å²) in [5, 5.41) is 12.9. The first kappa shape index (κ1) is 19.3. The second-order valence-electron chi connectivity index (χ2n) is 6.74. The Morgan fingerprint density at radius 2 is 2.04 bits per heavy atom. The molecule has 1 aromatic rings. The molecule has 0 aliphatic rings. The number of ether oxygens (including phenoxy) is 1. The van der Waals surface area contributed by atoms with E-state index >= 15 is 0 Å². The number of amides is 1. The quantitative estimate of drug-likeness (QED) is 0.803. The van der Waals surface area contributed by atoms with Gasteiger partial charge in [-0.1, -0.05) is 19.1 Å². The van der Waals surface area contributed by atoms with Crippen LogP contribution in [-0.4, -0.2) is 41.3 Å². The van der Waals surface area contributed by atoms with Gasteiger partial charge in [-0.2, -0.15) is 0 Å². The van der Waals surface area contributed by atoms with Gasteiger partial charge in [0.25, 0.3) is 0 Å². The largest absolute Gasteiger partial charge is 0.508 e. The summed E-state index contributed by atoms with van der Waals surface area (Å²) in [6.45, 7) is 11.6. The van der Waals surface area contributed by atoms with Gasteiger partial charge in [0.15, 0.2) is 0 Å². The fourth-order valence-corrected chi connectivity index (χ4v) is 2.22. The summed E-state index contributed by atoms with van der Waals surface area (Å²) in [7, 11) is 0. The van der Waals surface area contributed by atoms with Crippen molar-refractivity contribution in [2.75, 3.05) is 19.6 Å². The van der Waals surface area contributed by atoms with Crippen molar-refractivity contribution < 1.29 is 14.6 Å². The zero-order valence-corrected chi connectivity index (χ0v) is 14.9. The van der Waals surface area contributed by atoms with E-state index < -0.39 is 5.60 Å². The summed E-state index contributed by atoms with van der Waals surface area (Å²) in [4.78, 5) is 13.9. The molecule has 0 aromatic heterocycles. The second-order valence-corrected chi connectivity index (χ2v) is 6.74. The first-order valence-corrected chi connectivity index (χ1v) is 8.23. The lowest BCUT2D eigenvalue weighted by atomic mass is 10.1. The van der Waals surface area contributed by atoms with Gasteiger partial charge in [-0.05, 0) is 51.8 Å². The van der Waals surface area contributed by atoms with E-state index in [4.69, 9.17) is 4.74 Å². The molecular weight excluding hydrogens is 292 g/mol. The van der Waals surface area contributed by atoms with Crippen LogP contribution in [0.1, 0.15) is 52.6 Å². The lowest BCUT2D eigenvalue weighted by molar-refractivity contribution is 0.0251. The van der Waals surface area contributed by atoms with Crippen LogP contribution in [0.5, 0.6) is 5.75 Å². The van der Waals surface area contributed by atoms with Crippen LogP contribution in [-0.2, 0) is 4.74 Å². The minimum absolute atomic E-state index is 0.101. The Morgan fingerprint density at radius 1 is 1.35 bits per heavy atom. The van der Waals surface area contributed by atoms with Crippen molar-refractivity contribution in [2.24, 2.45) is 0 Å². The number of carbonyl (C=O) groups excluding carboxylic acids is 1. The Labute approximate surface area is 139 Å². The smallest absolute Gasteiger partial charge is 0.410 e. The molecule has 0 aliphatic carbocycles. The van der Waals surface area contributed by atoms with Crippen molar-refractivity contribution >= 4 is 6.09 Å². The van der Waals surface area contributed by atoms with Crippen molar-refractivity contribution in [1.29, 1.82) is 0 Å². The topological polar surface area (TPSA) is 61.8 Å². The van der Waals surface area contributed by atoms with E-state index in [9.17, 15) is 9.90 Å². The van der Waals surface area contributed by atoms with Gasteiger partial charge < -0.3 is 20.1 Å². The van der Waals surface area contributed by atoms with Crippen molar-refractivity contribution in [3.8, 4) is 5.75 Å². The number of nitrogens with one attached hydrogen (secondary N) is 1. The van der Waals surface area contributed by atoms with Crippen LogP contribution < -0.4 is 5.32 Å². The first-order valence-electron chi connectivity index (χ1n) is 8.23. The van der Waals surface area contributed by atoms with Gasteiger partial charge in [0, 0.05) is 25.7 Å². The Kier molecular flexibility index (Phi) is 7.36. The number of benzene rings is 1. The number of nitrogens with zero attached hydrogens (tertiary/aromatic N) is 1. The molecule has 1 unspecified atom stereocenters. The maximum atomic E-state index is 12.2. The molecule has 1 aromatic carbocycles. The molecule has 1 rings (SSSR count). The molecule has 5 heteroatoms. The predicted molar refractivity (Wildman–Crippen MR) is 92.6 cm³/mol. The maximum absolute atomic E-state index is 12.2. The summed E-state index contributed by atoms with van der Waals surface area (Å²) in [6.07, 6.45) is 0.618. The normalized spacial score (nSPS) is 12.7. The van der Waals surface area contributed by atoms with Crippen LogP contribution in [0.25, 0.3) is 0 Å². The third-order valence-electron chi connectivity index (χ3n) is 3.35. The maximum Gasteiger partial charge on any atom is 0.410 e. The Morgan fingerprint density at radius 3 is 2.61 bits per heavy atom. The van der Waals surface area contributed by atoms with E-state index in [1.54, 1.807) is 17.0 Å². The number of phenolic OH excluding ortho intramolecular Hbond substituents is 1. The minimum atomic E-state index is -0.481. The van der Waals surface area contributed by atoms with E-state index in [2.05, 4.69) is 5.32 Å². The standard InChI is InChI=1S/C18H30N2O3/c1-6-11-20(17(22)23-18(3,4)5)12-10-19-14(2)15-8-7-9-16(21)13-15/h7-9,13-14,19,21H,6,10-12H2,1-5H3. The summed E-state index contributed by atoms with van der Waals surface area (Å²) in [6, 6.07) is 7.29. The van der Waals surface area contributed by atoms with Gasteiger partial charge in [0.05, 0.1) is 0 Å². The third-order valence-corrected chi connectivity index (χ3v) is 3.35. The van der Waals surface area contributed by atoms with Crippen LogP contribution >= 0.6 is 0 Å². The summed E-state index contributed by atoms with van der Waals surface area (Å²) >= 11 is 0. The molecule has 0 radical (unpaired) electrons. The van der Waals surface area contributed by atoms with E-state index in [-0.39, 0.29) is 17.9 Å². The predicted octanol–water partition coefficient (Wildman–Crippen LogP) is 3.69.